The fraction of sp³-hybridized carbons (Fsp3) is 0.692. The molecule has 2 saturated carbocycles. The van der Waals surface area contributed by atoms with Crippen molar-refractivity contribution in [3.8, 4) is 0 Å². The van der Waals surface area contributed by atoms with Crippen LogP contribution in [0.3, 0.4) is 0 Å². The van der Waals surface area contributed by atoms with Crippen molar-refractivity contribution >= 4 is 11.6 Å². The molecule has 20 heavy (non-hydrogen) atoms. The van der Waals surface area contributed by atoms with E-state index in [0.29, 0.717) is 24.1 Å². The summed E-state index contributed by atoms with van der Waals surface area (Å²) in [6.07, 6.45) is -2.00. The van der Waals surface area contributed by atoms with Crippen molar-refractivity contribution in [1.29, 1.82) is 0 Å². The summed E-state index contributed by atoms with van der Waals surface area (Å²) in [6, 6.07) is 1.56. The molecular formula is C13H17F3N4. The van der Waals surface area contributed by atoms with Gasteiger partial charge in [0, 0.05) is 18.5 Å². The molecule has 0 unspecified atom stereocenters. The number of aromatic nitrogens is 2. The fourth-order valence-corrected chi connectivity index (χ4v) is 2.18. The lowest BCUT2D eigenvalue weighted by atomic mass is 10.2. The molecule has 1 aromatic rings. The predicted molar refractivity (Wildman–Crippen MR) is 69.8 cm³/mol. The van der Waals surface area contributed by atoms with Crippen molar-refractivity contribution in [2.45, 2.75) is 50.2 Å². The maximum Gasteiger partial charge on any atom is 0.411 e. The molecule has 0 aromatic carbocycles. The zero-order valence-electron chi connectivity index (χ0n) is 11.2. The largest absolute Gasteiger partial charge is 0.411 e. The van der Waals surface area contributed by atoms with Gasteiger partial charge >= 0.3 is 6.18 Å². The van der Waals surface area contributed by atoms with Crippen LogP contribution in [0.15, 0.2) is 6.07 Å². The second-order valence-electron chi connectivity index (χ2n) is 5.51. The normalized spacial score (nSPS) is 20.6. The first-order valence-corrected chi connectivity index (χ1v) is 6.91. The molecular weight excluding hydrogens is 269 g/mol. The van der Waals surface area contributed by atoms with Crippen LogP contribution < -0.4 is 10.6 Å². The molecule has 2 N–H and O–H groups in total. The molecule has 0 aliphatic heterocycles. The highest BCUT2D eigenvalue weighted by Crippen LogP contribution is 2.51. The zero-order valence-corrected chi connectivity index (χ0v) is 11.2. The summed E-state index contributed by atoms with van der Waals surface area (Å²) in [7, 11) is 0. The Morgan fingerprint density at radius 3 is 2.40 bits per heavy atom. The number of hydrogen-bond acceptors (Lipinski definition) is 4. The minimum Gasteiger partial charge on any atom is -0.370 e. The smallest absolute Gasteiger partial charge is 0.370 e. The van der Waals surface area contributed by atoms with Crippen LogP contribution in [0.2, 0.25) is 0 Å². The maximum absolute atomic E-state index is 13.0. The lowest BCUT2D eigenvalue weighted by Crippen LogP contribution is -2.39. The van der Waals surface area contributed by atoms with E-state index in [4.69, 9.17) is 0 Å². The van der Waals surface area contributed by atoms with Gasteiger partial charge in [0.15, 0.2) is 0 Å². The first-order valence-electron chi connectivity index (χ1n) is 6.91. The fourth-order valence-electron chi connectivity index (χ4n) is 2.18. The van der Waals surface area contributed by atoms with Gasteiger partial charge in [-0.3, -0.25) is 0 Å². The van der Waals surface area contributed by atoms with E-state index >= 15 is 0 Å². The minimum absolute atomic E-state index is 0.107. The molecule has 0 amide bonds. The number of nitrogens with one attached hydrogen (secondary N) is 2. The summed E-state index contributed by atoms with van der Waals surface area (Å²) in [5, 5.41) is 5.62. The molecule has 3 rings (SSSR count). The molecule has 0 bridgehead atoms. The van der Waals surface area contributed by atoms with Crippen molar-refractivity contribution in [1.82, 2.24) is 9.97 Å². The van der Waals surface area contributed by atoms with Crippen LogP contribution in [0.1, 0.15) is 44.3 Å². The Morgan fingerprint density at radius 1 is 1.25 bits per heavy atom. The summed E-state index contributed by atoms with van der Waals surface area (Å²) < 4.78 is 38.9. The second-order valence-corrected chi connectivity index (χ2v) is 5.51. The van der Waals surface area contributed by atoms with Crippen molar-refractivity contribution < 1.29 is 13.2 Å². The summed E-state index contributed by atoms with van der Waals surface area (Å²) in [5.74, 6) is 1.80. The predicted octanol–water partition coefficient (Wildman–Crippen LogP) is 3.29. The number of rotatable bonds is 5. The van der Waals surface area contributed by atoms with Crippen LogP contribution in [0.5, 0.6) is 0 Å². The van der Waals surface area contributed by atoms with Gasteiger partial charge in [-0.25, -0.2) is 9.97 Å². The van der Waals surface area contributed by atoms with Crippen molar-refractivity contribution in [2.75, 3.05) is 17.2 Å². The van der Waals surface area contributed by atoms with E-state index in [-0.39, 0.29) is 18.7 Å². The minimum atomic E-state index is -4.24. The Balaban J connectivity index is 1.85. The number of halogens is 3. The van der Waals surface area contributed by atoms with Crippen molar-refractivity contribution in [3.63, 3.8) is 0 Å². The highest BCUT2D eigenvalue weighted by molar-refractivity contribution is 5.51. The average Bonchev–Trinajstić information content (AvgIpc) is 3.23. The Hall–Kier alpha value is -1.53. The number of alkyl halides is 3. The molecule has 0 radical (unpaired) electrons. The highest BCUT2D eigenvalue weighted by Gasteiger charge is 2.63. The van der Waals surface area contributed by atoms with Gasteiger partial charge in [0.2, 0.25) is 0 Å². The first-order chi connectivity index (χ1) is 9.43. The average molecular weight is 286 g/mol. The van der Waals surface area contributed by atoms with Gasteiger partial charge in [-0.1, -0.05) is 0 Å². The molecule has 4 nitrogen and oxygen atoms in total. The van der Waals surface area contributed by atoms with Gasteiger partial charge in [-0.05, 0) is 32.6 Å². The van der Waals surface area contributed by atoms with E-state index < -0.39 is 11.7 Å². The highest BCUT2D eigenvalue weighted by atomic mass is 19.4. The second kappa shape index (κ2) is 4.49. The van der Waals surface area contributed by atoms with Gasteiger partial charge in [0.25, 0.3) is 0 Å². The topological polar surface area (TPSA) is 49.8 Å². The van der Waals surface area contributed by atoms with E-state index in [9.17, 15) is 13.2 Å². The maximum atomic E-state index is 13.0. The molecule has 1 heterocycles. The zero-order chi connectivity index (χ0) is 14.4. The molecule has 2 fully saturated rings. The number of hydrogen-bond donors (Lipinski definition) is 2. The Kier molecular flexibility index (Phi) is 3.02. The molecule has 0 saturated heterocycles. The van der Waals surface area contributed by atoms with Crippen molar-refractivity contribution in [3.05, 3.63) is 11.9 Å². The van der Waals surface area contributed by atoms with E-state index in [2.05, 4.69) is 20.6 Å². The third-order valence-corrected chi connectivity index (χ3v) is 3.70. The van der Waals surface area contributed by atoms with Crippen LogP contribution >= 0.6 is 0 Å². The lowest BCUT2D eigenvalue weighted by Gasteiger charge is -2.22. The van der Waals surface area contributed by atoms with Crippen LogP contribution in [0.25, 0.3) is 0 Å². The number of anilines is 2. The molecule has 2 aliphatic rings. The molecule has 0 atom stereocenters. The Bertz CT molecular complexity index is 507. The van der Waals surface area contributed by atoms with Gasteiger partial charge in [-0.15, -0.1) is 0 Å². The van der Waals surface area contributed by atoms with E-state index in [1.165, 1.54) is 0 Å². The summed E-state index contributed by atoms with van der Waals surface area (Å²) in [4.78, 5) is 8.61. The summed E-state index contributed by atoms with van der Waals surface area (Å²) >= 11 is 0. The van der Waals surface area contributed by atoms with Crippen LogP contribution in [-0.4, -0.2) is 28.2 Å². The molecule has 1 aromatic heterocycles. The third kappa shape index (κ3) is 2.53. The molecule has 7 heteroatoms. The van der Waals surface area contributed by atoms with Crippen LogP contribution in [-0.2, 0) is 0 Å². The van der Waals surface area contributed by atoms with Crippen LogP contribution in [0, 0.1) is 0 Å². The monoisotopic (exact) mass is 286 g/mol. The summed E-state index contributed by atoms with van der Waals surface area (Å²) in [6.45, 7) is 2.59. The van der Waals surface area contributed by atoms with Gasteiger partial charge in [0.1, 0.15) is 23.0 Å². The Morgan fingerprint density at radius 2 is 1.90 bits per heavy atom. The van der Waals surface area contributed by atoms with Gasteiger partial charge in [0.05, 0.1) is 0 Å². The van der Waals surface area contributed by atoms with Crippen molar-refractivity contribution in [2.24, 2.45) is 0 Å². The van der Waals surface area contributed by atoms with E-state index in [1.54, 1.807) is 6.07 Å². The quantitative estimate of drug-likeness (QED) is 0.872. The lowest BCUT2D eigenvalue weighted by molar-refractivity contribution is -0.151. The van der Waals surface area contributed by atoms with Gasteiger partial charge < -0.3 is 10.6 Å². The summed E-state index contributed by atoms with van der Waals surface area (Å²) in [5.41, 5.74) is -1.79. The number of nitrogens with zero attached hydrogens (tertiary/aromatic N) is 2. The van der Waals surface area contributed by atoms with Gasteiger partial charge in [-0.2, -0.15) is 13.2 Å². The third-order valence-electron chi connectivity index (χ3n) is 3.70. The standard InChI is InChI=1S/C13H17F3N4/c1-2-17-9-7-10(19-11(18-9)8-3-4-8)20-12(5-6-12)13(14,15)16/h7-8H,2-6H2,1H3,(H2,17,18,19,20). The molecule has 110 valence electrons. The van der Waals surface area contributed by atoms with E-state index in [1.807, 2.05) is 6.92 Å². The SMILES string of the molecule is CCNc1cc(NC2(C(F)(F)F)CC2)nc(C2CC2)n1. The Labute approximate surface area is 115 Å². The molecule has 2 aliphatic carbocycles. The molecule has 0 spiro atoms. The first kappa shape index (κ1) is 13.5. The van der Waals surface area contributed by atoms with E-state index in [0.717, 1.165) is 12.8 Å². The van der Waals surface area contributed by atoms with Crippen LogP contribution in [0.4, 0.5) is 24.8 Å².